The van der Waals surface area contributed by atoms with Crippen molar-refractivity contribution in [3.63, 3.8) is 0 Å². The first-order valence-corrected chi connectivity index (χ1v) is 13.5. The van der Waals surface area contributed by atoms with Gasteiger partial charge in [0.15, 0.2) is 0 Å². The third kappa shape index (κ3) is 2.04. The highest BCUT2D eigenvalue weighted by Gasteiger charge is 2.41. The highest BCUT2D eigenvalue weighted by molar-refractivity contribution is 7.11. The van der Waals surface area contributed by atoms with Crippen LogP contribution >= 0.6 is 0 Å². The van der Waals surface area contributed by atoms with E-state index in [1.54, 1.807) is 10.4 Å². The summed E-state index contributed by atoms with van der Waals surface area (Å²) in [5.41, 5.74) is 8.77. The van der Waals surface area contributed by atoms with E-state index in [0.29, 0.717) is 0 Å². The van der Waals surface area contributed by atoms with Crippen LogP contribution in [0.4, 0.5) is 0 Å². The van der Waals surface area contributed by atoms with E-state index in [9.17, 15) is 0 Å². The van der Waals surface area contributed by atoms with Gasteiger partial charge >= 0.3 is 0 Å². The summed E-state index contributed by atoms with van der Waals surface area (Å²) in [6, 6.07) is 27.2. The maximum absolute atomic E-state index is 2.56. The van der Waals surface area contributed by atoms with Gasteiger partial charge in [-0.05, 0) is 79.2 Å². The molecule has 140 valence electrons. The van der Waals surface area contributed by atoms with Crippen LogP contribution < -0.4 is 0 Å². The summed E-state index contributed by atoms with van der Waals surface area (Å²) in [6.45, 7) is 9.80. The molecular weight excluding hydrogens is 364 g/mol. The Morgan fingerprint density at radius 1 is 0.483 bits per heavy atom. The van der Waals surface area contributed by atoms with E-state index in [1.165, 1.54) is 54.9 Å². The van der Waals surface area contributed by atoms with E-state index < -0.39 is 8.07 Å². The standard InChI is InChI=1S/C28H24Si/c1-17-21-13-5-9-19-11-7-15-23(25(19)21)27(17)29(3,4)28-18(2)22-14-6-10-20-12-8-16-24(28)26(20)22/h5-16H,1-4H3. The molecule has 0 nitrogen and oxygen atoms in total. The van der Waals surface area contributed by atoms with E-state index in [-0.39, 0.29) is 0 Å². The third-order valence-electron chi connectivity index (χ3n) is 7.16. The second-order valence-corrected chi connectivity index (χ2v) is 13.3. The topological polar surface area (TPSA) is 0 Å². The summed E-state index contributed by atoms with van der Waals surface area (Å²) in [5.74, 6) is 0. The second-order valence-electron chi connectivity index (χ2n) is 9.04. The van der Waals surface area contributed by atoms with Crippen molar-refractivity contribution in [3.05, 3.63) is 95.1 Å². The van der Waals surface area contributed by atoms with Gasteiger partial charge in [-0.1, -0.05) is 85.9 Å². The average molecular weight is 389 g/mol. The summed E-state index contributed by atoms with van der Waals surface area (Å²) in [5, 5.41) is 8.86. The van der Waals surface area contributed by atoms with E-state index >= 15 is 0 Å². The molecule has 4 aromatic rings. The van der Waals surface area contributed by atoms with Crippen molar-refractivity contribution in [1.82, 2.24) is 0 Å². The van der Waals surface area contributed by atoms with Crippen LogP contribution in [0.2, 0.25) is 13.1 Å². The molecule has 4 aromatic carbocycles. The summed E-state index contributed by atoms with van der Waals surface area (Å²) in [7, 11) is -1.95. The molecule has 0 aliphatic heterocycles. The molecular formula is C28H24Si. The molecule has 0 radical (unpaired) electrons. The Hall–Kier alpha value is -2.90. The smallest absolute Gasteiger partial charge is 0.0616 e. The lowest BCUT2D eigenvalue weighted by molar-refractivity contribution is 1.67. The van der Waals surface area contributed by atoms with Crippen molar-refractivity contribution in [3.8, 4) is 0 Å². The van der Waals surface area contributed by atoms with Crippen LogP contribution in [0.15, 0.2) is 72.8 Å². The molecule has 0 heterocycles. The van der Waals surface area contributed by atoms with E-state index in [0.717, 1.165) is 0 Å². The van der Waals surface area contributed by atoms with Gasteiger partial charge in [0, 0.05) is 0 Å². The van der Waals surface area contributed by atoms with Crippen LogP contribution in [0.3, 0.4) is 0 Å². The molecule has 2 aliphatic carbocycles. The predicted octanol–water partition coefficient (Wildman–Crippen LogP) is 7.97. The first-order valence-electron chi connectivity index (χ1n) is 10.5. The van der Waals surface area contributed by atoms with E-state index in [1.807, 2.05) is 0 Å². The highest BCUT2D eigenvalue weighted by atomic mass is 28.3. The average Bonchev–Trinajstić information content (AvgIpc) is 3.18. The lowest BCUT2D eigenvalue weighted by atomic mass is 10.0. The third-order valence-corrected chi connectivity index (χ3v) is 10.9. The molecule has 0 bridgehead atoms. The van der Waals surface area contributed by atoms with Crippen molar-refractivity contribution in [2.45, 2.75) is 26.9 Å². The van der Waals surface area contributed by atoms with Gasteiger partial charge in [0.2, 0.25) is 0 Å². The number of benzene rings is 4. The maximum Gasteiger partial charge on any atom is 0.114 e. The van der Waals surface area contributed by atoms with Gasteiger partial charge < -0.3 is 0 Å². The highest BCUT2D eigenvalue weighted by Crippen LogP contribution is 2.53. The zero-order chi connectivity index (χ0) is 19.9. The molecule has 0 unspecified atom stereocenters. The van der Waals surface area contributed by atoms with Gasteiger partial charge in [-0.15, -0.1) is 0 Å². The number of rotatable bonds is 2. The summed E-state index contributed by atoms with van der Waals surface area (Å²) < 4.78 is 0. The van der Waals surface area contributed by atoms with Crippen molar-refractivity contribution < 1.29 is 0 Å². The molecule has 0 atom stereocenters. The SMILES string of the molecule is CC1=C([Si](C)(C)C2=C(C)c3cccc4cccc2c34)c2cccc3cccc1c23. The molecule has 0 amide bonds. The number of hydrogen-bond acceptors (Lipinski definition) is 0. The van der Waals surface area contributed by atoms with Crippen molar-refractivity contribution in [2.75, 3.05) is 0 Å². The Morgan fingerprint density at radius 3 is 1.21 bits per heavy atom. The Labute approximate surface area is 173 Å². The van der Waals surface area contributed by atoms with Gasteiger partial charge in [-0.25, -0.2) is 0 Å². The number of allylic oxidation sites excluding steroid dienone is 2. The molecule has 29 heavy (non-hydrogen) atoms. The lowest BCUT2D eigenvalue weighted by Crippen LogP contribution is -2.30. The minimum atomic E-state index is -1.95. The molecule has 0 fully saturated rings. The Balaban J connectivity index is 1.66. The fourth-order valence-electron chi connectivity index (χ4n) is 6.13. The van der Waals surface area contributed by atoms with Crippen molar-refractivity contribution >= 4 is 51.2 Å². The van der Waals surface area contributed by atoms with Crippen LogP contribution in [0, 0.1) is 0 Å². The van der Waals surface area contributed by atoms with Crippen molar-refractivity contribution in [1.29, 1.82) is 0 Å². The van der Waals surface area contributed by atoms with Gasteiger partial charge in [0.05, 0.1) is 0 Å². The zero-order valence-corrected chi connectivity index (χ0v) is 18.4. The molecule has 0 aromatic heterocycles. The fourth-order valence-corrected chi connectivity index (χ4v) is 10.3. The minimum absolute atomic E-state index is 1.36. The van der Waals surface area contributed by atoms with Gasteiger partial charge in [-0.2, -0.15) is 0 Å². The normalized spacial score (nSPS) is 15.3. The van der Waals surface area contributed by atoms with Crippen molar-refractivity contribution in [2.24, 2.45) is 0 Å². The monoisotopic (exact) mass is 388 g/mol. The van der Waals surface area contributed by atoms with E-state index in [4.69, 9.17) is 0 Å². The van der Waals surface area contributed by atoms with Crippen LogP contribution in [0.1, 0.15) is 36.1 Å². The maximum atomic E-state index is 2.56. The molecule has 0 saturated heterocycles. The molecule has 2 aliphatic rings. The Kier molecular flexibility index (Phi) is 3.27. The molecule has 0 saturated carbocycles. The summed E-state index contributed by atoms with van der Waals surface area (Å²) in [6.07, 6.45) is 0. The van der Waals surface area contributed by atoms with Crippen LogP contribution in [-0.4, -0.2) is 8.07 Å². The first-order chi connectivity index (χ1) is 14.0. The fraction of sp³-hybridized carbons (Fsp3) is 0.143. The van der Waals surface area contributed by atoms with Gasteiger partial charge in [-0.3, -0.25) is 0 Å². The predicted molar refractivity (Wildman–Crippen MR) is 130 cm³/mol. The number of hydrogen-bond donors (Lipinski definition) is 0. The zero-order valence-electron chi connectivity index (χ0n) is 17.4. The largest absolute Gasteiger partial charge is 0.114 e. The van der Waals surface area contributed by atoms with Crippen LogP contribution in [0.25, 0.3) is 43.1 Å². The molecule has 0 spiro atoms. The quantitative estimate of drug-likeness (QED) is 0.305. The second kappa shape index (κ2) is 5.58. The van der Waals surface area contributed by atoms with Gasteiger partial charge in [0.1, 0.15) is 8.07 Å². The van der Waals surface area contributed by atoms with E-state index in [2.05, 4.69) is 99.7 Å². The lowest BCUT2D eigenvalue weighted by Gasteiger charge is -2.30. The van der Waals surface area contributed by atoms with Gasteiger partial charge in [0.25, 0.3) is 0 Å². The molecule has 6 rings (SSSR count). The van der Waals surface area contributed by atoms with Crippen LogP contribution in [0.5, 0.6) is 0 Å². The first kappa shape index (κ1) is 17.0. The Bertz CT molecular complexity index is 1310. The van der Waals surface area contributed by atoms with Crippen LogP contribution in [-0.2, 0) is 0 Å². The Morgan fingerprint density at radius 2 is 0.828 bits per heavy atom. The summed E-state index contributed by atoms with van der Waals surface area (Å²) >= 11 is 0. The summed E-state index contributed by atoms with van der Waals surface area (Å²) in [4.78, 5) is 0. The minimum Gasteiger partial charge on any atom is -0.0616 e. The molecule has 1 heteroatoms. The molecule has 0 N–H and O–H groups in total.